The zero-order chi connectivity index (χ0) is 38.2. The molecule has 57 heavy (non-hydrogen) atoms. The van der Waals surface area contributed by atoms with Crippen LogP contribution in [0.5, 0.6) is 11.5 Å². The van der Waals surface area contributed by atoms with Crippen molar-refractivity contribution in [3.8, 4) is 22.6 Å². The first-order valence-electron chi connectivity index (χ1n) is 20.0. The average Bonchev–Trinajstić information content (AvgIpc) is 3.53. The highest BCUT2D eigenvalue weighted by atomic mass is 16.5. The Morgan fingerprint density at radius 3 is 1.51 bits per heavy atom. The summed E-state index contributed by atoms with van der Waals surface area (Å²) in [5, 5.41) is 0. The second-order valence-electron chi connectivity index (χ2n) is 16.4. The molecule has 0 N–H and O–H groups in total. The Kier molecular flexibility index (Phi) is 6.62. The van der Waals surface area contributed by atoms with Crippen LogP contribution in [0.15, 0.2) is 164 Å². The van der Waals surface area contributed by atoms with Crippen molar-refractivity contribution in [3.63, 3.8) is 0 Å². The third-order valence-electron chi connectivity index (χ3n) is 12.9. The average molecular weight is 731 g/mol. The smallest absolute Gasteiger partial charge is 0.261 e. The van der Waals surface area contributed by atoms with Gasteiger partial charge in [-0.3, -0.25) is 0 Å². The largest absolute Gasteiger partial charge is 0.458 e. The van der Waals surface area contributed by atoms with Gasteiger partial charge in [-0.1, -0.05) is 120 Å². The highest BCUT2D eigenvalue weighted by Gasteiger charge is 2.54. The maximum atomic E-state index is 7.57. The van der Waals surface area contributed by atoms with Crippen LogP contribution in [0.3, 0.4) is 0 Å². The van der Waals surface area contributed by atoms with E-state index in [1.54, 1.807) is 0 Å². The fraction of sp³-hybridized carbons (Fsp3) is 0.0943. The number of hydrogen-bond donors (Lipinski definition) is 0. The lowest BCUT2D eigenvalue weighted by molar-refractivity contribution is 0.488. The van der Waals surface area contributed by atoms with Crippen molar-refractivity contribution in [2.45, 2.75) is 33.1 Å². The van der Waals surface area contributed by atoms with E-state index in [2.05, 4.69) is 201 Å². The van der Waals surface area contributed by atoms with Crippen LogP contribution in [-0.2, 0) is 5.41 Å². The molecule has 0 saturated carbocycles. The summed E-state index contributed by atoms with van der Waals surface area (Å²) in [6.07, 6.45) is 0. The van der Waals surface area contributed by atoms with Gasteiger partial charge >= 0.3 is 0 Å². The number of fused-ring (bicyclic) bond motifs is 4. The summed E-state index contributed by atoms with van der Waals surface area (Å²) < 4.78 is 7.57. The number of anilines is 6. The Hall–Kier alpha value is -6.78. The lowest BCUT2D eigenvalue weighted by atomic mass is 9.32. The predicted octanol–water partition coefficient (Wildman–Crippen LogP) is 11.5. The molecule has 270 valence electrons. The molecule has 8 aromatic rings. The molecule has 3 aliphatic heterocycles. The molecule has 0 saturated heterocycles. The van der Waals surface area contributed by atoms with E-state index in [1.807, 2.05) is 0 Å². The minimum atomic E-state index is -0.576. The zero-order valence-electron chi connectivity index (χ0n) is 32.5. The van der Waals surface area contributed by atoms with Gasteiger partial charge in [0.2, 0.25) is 0 Å². The van der Waals surface area contributed by atoms with Crippen LogP contribution >= 0.6 is 0 Å². The van der Waals surface area contributed by atoms with Gasteiger partial charge in [0.15, 0.2) is 0 Å². The summed E-state index contributed by atoms with van der Waals surface area (Å²) in [5.41, 5.74) is 22.6. The molecule has 4 heteroatoms. The first kappa shape index (κ1) is 32.5. The SMILES string of the molecule is Cc1ccc(N2c3cc(C)cc4c3B3c5c2cc(C)cc5N(c2ccc(C)cc2)c2cc5c(c(c23)O4)-c2ccccc2C5(c2ccccc2)c2ccccc2)cc1. The molecule has 3 nitrogen and oxygen atoms in total. The molecule has 0 unspecified atom stereocenters. The second-order valence-corrected chi connectivity index (χ2v) is 16.4. The van der Waals surface area contributed by atoms with E-state index < -0.39 is 5.41 Å². The van der Waals surface area contributed by atoms with E-state index in [0.29, 0.717) is 0 Å². The Balaban J connectivity index is 1.26. The summed E-state index contributed by atoms with van der Waals surface area (Å²) in [5.74, 6) is 1.91. The van der Waals surface area contributed by atoms with E-state index in [9.17, 15) is 0 Å². The molecular weight excluding hydrogens is 691 g/mol. The van der Waals surface area contributed by atoms with Crippen molar-refractivity contribution in [2.24, 2.45) is 0 Å². The third kappa shape index (κ3) is 4.28. The Morgan fingerprint density at radius 2 is 0.930 bits per heavy atom. The molecule has 0 fully saturated rings. The number of aryl methyl sites for hydroxylation is 4. The van der Waals surface area contributed by atoms with Gasteiger partial charge in [0.05, 0.1) is 5.41 Å². The van der Waals surface area contributed by atoms with Crippen molar-refractivity contribution < 1.29 is 4.74 Å². The van der Waals surface area contributed by atoms with Crippen molar-refractivity contribution in [1.29, 1.82) is 0 Å². The summed E-state index contributed by atoms with van der Waals surface area (Å²) in [4.78, 5) is 5.02. The third-order valence-corrected chi connectivity index (χ3v) is 12.9. The van der Waals surface area contributed by atoms with E-state index >= 15 is 0 Å². The predicted molar refractivity (Wildman–Crippen MR) is 237 cm³/mol. The van der Waals surface area contributed by atoms with Gasteiger partial charge in [0.25, 0.3) is 6.71 Å². The number of nitrogens with zero attached hydrogens (tertiary/aromatic N) is 2. The number of benzene rings is 8. The summed E-state index contributed by atoms with van der Waals surface area (Å²) in [6.45, 7) is 8.75. The van der Waals surface area contributed by atoms with E-state index in [4.69, 9.17) is 4.74 Å². The van der Waals surface area contributed by atoms with E-state index in [-0.39, 0.29) is 6.71 Å². The molecule has 4 aliphatic rings. The van der Waals surface area contributed by atoms with Gasteiger partial charge in [-0.15, -0.1) is 0 Å². The van der Waals surface area contributed by atoms with Crippen LogP contribution in [0.2, 0.25) is 0 Å². The first-order valence-corrected chi connectivity index (χ1v) is 20.0. The van der Waals surface area contributed by atoms with Crippen LogP contribution in [0.1, 0.15) is 44.5 Å². The Bertz CT molecular complexity index is 2930. The monoisotopic (exact) mass is 730 g/mol. The normalized spacial score (nSPS) is 14.5. The first-order chi connectivity index (χ1) is 27.9. The van der Waals surface area contributed by atoms with E-state index in [1.165, 1.54) is 94.8 Å². The molecule has 0 amide bonds. The van der Waals surface area contributed by atoms with Crippen LogP contribution < -0.4 is 30.9 Å². The maximum Gasteiger partial charge on any atom is 0.261 e. The van der Waals surface area contributed by atoms with Crippen molar-refractivity contribution in [3.05, 3.63) is 208 Å². The fourth-order valence-electron chi connectivity index (χ4n) is 10.6. The van der Waals surface area contributed by atoms with Gasteiger partial charge in [-0.25, -0.2) is 0 Å². The molecule has 3 heterocycles. The number of rotatable bonds is 4. The van der Waals surface area contributed by atoms with Gasteiger partial charge < -0.3 is 14.5 Å². The highest BCUT2D eigenvalue weighted by Crippen LogP contribution is 2.61. The molecule has 12 rings (SSSR count). The van der Waals surface area contributed by atoms with Crippen LogP contribution in [0.25, 0.3) is 11.1 Å². The molecule has 0 spiro atoms. The zero-order valence-corrected chi connectivity index (χ0v) is 32.5. The standard InChI is InChI=1S/C53H39BN2O/c1-32-19-23-38(24-20-32)55-43-27-34(3)28-44-49(43)54-50-45(55)29-35(4)30-47(50)57-52-48-40-17-11-12-18-41(40)53(36-13-7-5-8-14-36,37-15-9-6-10-16-37)42(48)31-46(51(52)54)56(44)39-25-21-33(2)22-26-39/h5-31H,1-4H3. The summed E-state index contributed by atoms with van der Waals surface area (Å²) in [7, 11) is 0. The topological polar surface area (TPSA) is 15.7 Å². The molecule has 1 aliphatic carbocycles. The molecular formula is C53H39BN2O. The second kappa shape index (κ2) is 11.6. The van der Waals surface area contributed by atoms with Crippen molar-refractivity contribution >= 4 is 57.2 Å². The Labute approximate surface area is 334 Å². The summed E-state index contributed by atoms with van der Waals surface area (Å²) in [6, 6.07) is 61.2. The Morgan fingerprint density at radius 1 is 0.439 bits per heavy atom. The van der Waals surface area contributed by atoms with Gasteiger partial charge in [0, 0.05) is 39.7 Å². The minimum absolute atomic E-state index is 0.0238. The fourth-order valence-corrected chi connectivity index (χ4v) is 10.6. The van der Waals surface area contributed by atoms with E-state index in [0.717, 1.165) is 22.9 Å². The molecule has 0 bridgehead atoms. The van der Waals surface area contributed by atoms with Crippen LogP contribution in [0.4, 0.5) is 34.1 Å². The number of hydrogen-bond acceptors (Lipinski definition) is 3. The quantitative estimate of drug-likeness (QED) is 0.168. The van der Waals surface area contributed by atoms with Gasteiger partial charge in [-0.2, -0.15) is 0 Å². The lowest BCUT2D eigenvalue weighted by Crippen LogP contribution is -2.63. The van der Waals surface area contributed by atoms with Crippen LogP contribution in [-0.4, -0.2) is 6.71 Å². The molecule has 0 radical (unpaired) electrons. The van der Waals surface area contributed by atoms with Gasteiger partial charge in [0.1, 0.15) is 11.5 Å². The van der Waals surface area contributed by atoms with Crippen molar-refractivity contribution in [1.82, 2.24) is 0 Å². The number of ether oxygens (including phenoxy) is 1. The minimum Gasteiger partial charge on any atom is -0.458 e. The molecule has 8 aromatic carbocycles. The summed E-state index contributed by atoms with van der Waals surface area (Å²) >= 11 is 0. The molecule has 0 atom stereocenters. The lowest BCUT2D eigenvalue weighted by Gasteiger charge is -2.47. The van der Waals surface area contributed by atoms with Crippen molar-refractivity contribution in [2.75, 3.05) is 9.80 Å². The molecule has 0 aromatic heterocycles. The van der Waals surface area contributed by atoms with Crippen LogP contribution in [0, 0.1) is 27.7 Å². The highest BCUT2D eigenvalue weighted by molar-refractivity contribution is 7.01. The maximum absolute atomic E-state index is 7.57. The van der Waals surface area contributed by atoms with Gasteiger partial charge in [-0.05, 0) is 138 Å².